The number of hydrogen-bond acceptors (Lipinski definition) is 4. The van der Waals surface area contributed by atoms with E-state index in [0.29, 0.717) is 17.8 Å². The molecule has 1 heterocycles. The molecule has 3 saturated carbocycles. The fourth-order valence-electron chi connectivity index (χ4n) is 7.58. The van der Waals surface area contributed by atoms with E-state index in [2.05, 4.69) is 25.2 Å². The highest BCUT2D eigenvalue weighted by Crippen LogP contribution is 2.68. The third kappa shape index (κ3) is 2.11. The second-order valence-corrected chi connectivity index (χ2v) is 10.3. The van der Waals surface area contributed by atoms with Crippen molar-refractivity contribution in [1.82, 2.24) is 5.32 Å². The predicted molar refractivity (Wildman–Crippen MR) is 103 cm³/mol. The van der Waals surface area contributed by atoms with Crippen LogP contribution in [0.5, 0.6) is 0 Å². The fraction of sp³-hybridized carbons (Fsp3) is 0.739. The van der Waals surface area contributed by atoms with Crippen LogP contribution in [0, 0.1) is 45.8 Å². The third-order valence-electron chi connectivity index (χ3n) is 9.29. The number of hydrogen-bond donors (Lipinski definition) is 3. The standard InChI is InChI=1S/C23H30N2O3/c1-21-7-5-16(26)10-14(21)3-4-17-18(21)6-8-22(2)19(17)11-15-9-13(12-24)20(27)25-23(15,22)28/h3,9,13,16-19,26,28H,4-8,10-11H2,1-2H3,(H,25,27)/t13-,16-,17-,18+,19+,21+,22+,23-/m1/s1. The number of rotatable bonds is 0. The average molecular weight is 383 g/mol. The van der Waals surface area contributed by atoms with Gasteiger partial charge in [-0.05, 0) is 73.7 Å². The van der Waals surface area contributed by atoms with Crippen LogP contribution < -0.4 is 5.32 Å². The van der Waals surface area contributed by atoms with Gasteiger partial charge in [-0.2, -0.15) is 5.26 Å². The van der Waals surface area contributed by atoms with Gasteiger partial charge in [-0.25, -0.2) is 0 Å². The maximum absolute atomic E-state index is 12.4. The number of amides is 1. The highest BCUT2D eigenvalue weighted by atomic mass is 16.3. The van der Waals surface area contributed by atoms with E-state index in [1.807, 2.05) is 6.07 Å². The Morgan fingerprint density at radius 1 is 1.18 bits per heavy atom. The van der Waals surface area contributed by atoms with Crippen molar-refractivity contribution in [2.45, 2.75) is 70.6 Å². The first-order valence-corrected chi connectivity index (χ1v) is 10.8. The van der Waals surface area contributed by atoms with Gasteiger partial charge in [-0.15, -0.1) is 0 Å². The Kier molecular flexibility index (Phi) is 3.75. The van der Waals surface area contributed by atoms with Gasteiger partial charge in [0.25, 0.3) is 0 Å². The lowest BCUT2D eigenvalue weighted by Gasteiger charge is -2.58. The van der Waals surface area contributed by atoms with Gasteiger partial charge in [0.15, 0.2) is 5.72 Å². The molecule has 0 bridgehead atoms. The van der Waals surface area contributed by atoms with Crippen LogP contribution in [-0.4, -0.2) is 27.9 Å². The average Bonchev–Trinajstić information content (AvgIpc) is 2.88. The van der Waals surface area contributed by atoms with E-state index in [0.717, 1.165) is 50.5 Å². The minimum Gasteiger partial charge on any atom is -0.393 e. The summed E-state index contributed by atoms with van der Waals surface area (Å²) in [6.07, 6.45) is 10.2. The molecule has 4 aliphatic carbocycles. The van der Waals surface area contributed by atoms with E-state index in [1.54, 1.807) is 6.08 Å². The number of fused-ring (bicyclic) bond motifs is 7. The number of allylic oxidation sites excluding steroid dienone is 1. The van der Waals surface area contributed by atoms with Gasteiger partial charge in [-0.1, -0.05) is 31.6 Å². The van der Waals surface area contributed by atoms with Crippen LogP contribution in [0.2, 0.25) is 0 Å². The smallest absolute Gasteiger partial charge is 0.243 e. The molecule has 0 spiro atoms. The van der Waals surface area contributed by atoms with E-state index >= 15 is 0 Å². The number of nitrogens with one attached hydrogen (secondary N) is 1. The first-order chi connectivity index (χ1) is 13.2. The summed E-state index contributed by atoms with van der Waals surface area (Å²) in [6.45, 7) is 4.52. The normalized spacial score (nSPS) is 52.1. The number of carbonyl (C=O) groups excluding carboxylic acids is 1. The highest BCUT2D eigenvalue weighted by Gasteiger charge is 2.67. The van der Waals surface area contributed by atoms with Gasteiger partial charge in [0, 0.05) is 5.41 Å². The Balaban J connectivity index is 1.54. The second kappa shape index (κ2) is 5.70. The molecule has 0 aromatic heterocycles. The molecule has 28 heavy (non-hydrogen) atoms. The molecule has 5 rings (SSSR count). The zero-order chi connectivity index (χ0) is 19.9. The van der Waals surface area contributed by atoms with Crippen LogP contribution in [0.25, 0.3) is 0 Å². The Morgan fingerprint density at radius 2 is 1.96 bits per heavy atom. The molecule has 5 heteroatoms. The number of carbonyl (C=O) groups is 1. The van der Waals surface area contributed by atoms with Crippen LogP contribution in [0.3, 0.4) is 0 Å². The molecule has 3 N–H and O–H groups in total. The maximum atomic E-state index is 12.4. The van der Waals surface area contributed by atoms with E-state index in [4.69, 9.17) is 0 Å². The molecular weight excluding hydrogens is 352 g/mol. The Labute approximate surface area is 166 Å². The fourth-order valence-corrected chi connectivity index (χ4v) is 7.58. The summed E-state index contributed by atoms with van der Waals surface area (Å²) in [5, 5.41) is 33.9. The number of nitrogens with zero attached hydrogens (tertiary/aromatic N) is 1. The second-order valence-electron chi connectivity index (χ2n) is 10.3. The largest absolute Gasteiger partial charge is 0.393 e. The molecule has 0 radical (unpaired) electrons. The minimum atomic E-state index is -1.32. The molecule has 1 aliphatic heterocycles. The summed E-state index contributed by atoms with van der Waals surface area (Å²) in [7, 11) is 0. The Bertz CT molecular complexity index is 841. The molecule has 0 saturated heterocycles. The summed E-state index contributed by atoms with van der Waals surface area (Å²) < 4.78 is 0. The molecule has 1 amide bonds. The van der Waals surface area contributed by atoms with Crippen molar-refractivity contribution in [3.63, 3.8) is 0 Å². The van der Waals surface area contributed by atoms with Crippen LogP contribution >= 0.6 is 0 Å². The third-order valence-corrected chi connectivity index (χ3v) is 9.29. The molecule has 0 aromatic rings. The van der Waals surface area contributed by atoms with E-state index in [9.17, 15) is 20.3 Å². The minimum absolute atomic E-state index is 0.146. The molecule has 8 atom stereocenters. The molecule has 0 unspecified atom stereocenters. The van der Waals surface area contributed by atoms with E-state index in [-0.39, 0.29) is 17.4 Å². The van der Waals surface area contributed by atoms with Crippen molar-refractivity contribution >= 4 is 5.91 Å². The summed E-state index contributed by atoms with van der Waals surface area (Å²) in [6, 6.07) is 2.05. The van der Waals surface area contributed by atoms with Gasteiger partial charge < -0.3 is 15.5 Å². The SMILES string of the molecule is C[C@]12CC[C@@H](O)CC1=CC[C@@H]1[C@@H]2CC[C@@]2(C)[C@H]1CC1=C[C@H](C#N)C(=O)N[C@@]12O. The van der Waals surface area contributed by atoms with Gasteiger partial charge in [-0.3, -0.25) is 4.79 Å². The van der Waals surface area contributed by atoms with Crippen LogP contribution in [0.15, 0.2) is 23.3 Å². The van der Waals surface area contributed by atoms with Gasteiger partial charge in [0.2, 0.25) is 5.91 Å². The van der Waals surface area contributed by atoms with E-state index < -0.39 is 17.1 Å². The molecular formula is C23H30N2O3. The van der Waals surface area contributed by atoms with Crippen LogP contribution in [-0.2, 0) is 4.79 Å². The zero-order valence-corrected chi connectivity index (χ0v) is 16.7. The quantitative estimate of drug-likeness (QED) is 0.562. The maximum Gasteiger partial charge on any atom is 0.243 e. The van der Waals surface area contributed by atoms with Crippen LogP contribution in [0.1, 0.15) is 58.8 Å². The Morgan fingerprint density at radius 3 is 2.71 bits per heavy atom. The van der Waals surface area contributed by atoms with Crippen molar-refractivity contribution in [3.05, 3.63) is 23.3 Å². The molecule has 3 fully saturated rings. The molecule has 5 nitrogen and oxygen atoms in total. The first kappa shape index (κ1) is 18.4. The lowest BCUT2D eigenvalue weighted by Crippen LogP contribution is -2.63. The van der Waals surface area contributed by atoms with E-state index in [1.165, 1.54) is 5.57 Å². The Hall–Kier alpha value is -1.64. The molecule has 0 aromatic carbocycles. The van der Waals surface area contributed by atoms with Gasteiger partial charge in [0.1, 0.15) is 5.92 Å². The summed E-state index contributed by atoms with van der Waals surface area (Å²) in [5.74, 6) is 0.143. The van der Waals surface area contributed by atoms with Crippen molar-refractivity contribution in [1.29, 1.82) is 5.26 Å². The van der Waals surface area contributed by atoms with Crippen molar-refractivity contribution in [3.8, 4) is 6.07 Å². The van der Waals surface area contributed by atoms with Gasteiger partial charge >= 0.3 is 0 Å². The number of nitriles is 1. The van der Waals surface area contributed by atoms with Gasteiger partial charge in [0.05, 0.1) is 12.2 Å². The lowest BCUT2D eigenvalue weighted by molar-refractivity contribution is -0.151. The van der Waals surface area contributed by atoms with Crippen LogP contribution in [0.4, 0.5) is 0 Å². The van der Waals surface area contributed by atoms with Crippen molar-refractivity contribution in [2.75, 3.05) is 0 Å². The first-order valence-electron chi connectivity index (χ1n) is 10.8. The molecule has 150 valence electrons. The highest BCUT2D eigenvalue weighted by molar-refractivity contribution is 5.86. The zero-order valence-electron chi connectivity index (χ0n) is 16.7. The predicted octanol–water partition coefficient (Wildman–Crippen LogP) is 2.80. The number of aliphatic hydroxyl groups is 2. The van der Waals surface area contributed by atoms with Crippen molar-refractivity contribution in [2.24, 2.45) is 34.5 Å². The molecule has 5 aliphatic rings. The topological polar surface area (TPSA) is 93.3 Å². The summed E-state index contributed by atoms with van der Waals surface area (Å²) in [4.78, 5) is 12.4. The lowest BCUT2D eigenvalue weighted by atomic mass is 9.47. The summed E-state index contributed by atoms with van der Waals surface area (Å²) in [5.41, 5.74) is 0.701. The monoisotopic (exact) mass is 382 g/mol. The summed E-state index contributed by atoms with van der Waals surface area (Å²) >= 11 is 0. The number of aliphatic hydroxyl groups excluding tert-OH is 1. The van der Waals surface area contributed by atoms with Crippen molar-refractivity contribution < 1.29 is 15.0 Å².